The first-order valence-corrected chi connectivity index (χ1v) is 12.9. The van der Waals surface area contributed by atoms with Gasteiger partial charge in [0.2, 0.25) is 0 Å². The van der Waals surface area contributed by atoms with Crippen LogP contribution < -0.4 is 0 Å². The second-order valence-electron chi connectivity index (χ2n) is 9.81. The van der Waals surface area contributed by atoms with Gasteiger partial charge in [0, 0.05) is 0 Å². The minimum Gasteiger partial charge on any atom is -0.459 e. The van der Waals surface area contributed by atoms with Crippen LogP contribution in [0.2, 0.25) is 0 Å². The number of ether oxygens (including phenoxy) is 2. The van der Waals surface area contributed by atoms with Gasteiger partial charge in [0.05, 0.1) is 22.3 Å². The van der Waals surface area contributed by atoms with E-state index in [0.717, 1.165) is 64.2 Å². The SMILES string of the molecule is CCCC1CCC(OC(=O)c2ccc(C(=O)OC3CCC(CCC)CC3)c(C#N)c2C#N)CC1. The standard InChI is InChI=1S/C28H36N2O4/c1-3-5-19-7-11-21(12-8-19)33-27(31)23-15-16-24(26(18-30)25(23)17-29)28(32)34-22-13-9-20(6-4-2)10-14-22/h15-16,19-22H,3-14H2,1-2H3. The number of benzene rings is 1. The molecule has 182 valence electrons. The van der Waals surface area contributed by atoms with Crippen LogP contribution in [0, 0.1) is 34.5 Å². The summed E-state index contributed by atoms with van der Waals surface area (Å²) in [5.74, 6) is 0.154. The van der Waals surface area contributed by atoms with Crippen molar-refractivity contribution in [3.05, 3.63) is 34.4 Å². The summed E-state index contributed by atoms with van der Waals surface area (Å²) in [6.45, 7) is 4.36. The summed E-state index contributed by atoms with van der Waals surface area (Å²) >= 11 is 0. The van der Waals surface area contributed by atoms with Crippen LogP contribution in [0.4, 0.5) is 0 Å². The van der Waals surface area contributed by atoms with Gasteiger partial charge in [0.1, 0.15) is 24.3 Å². The predicted molar refractivity (Wildman–Crippen MR) is 128 cm³/mol. The minimum absolute atomic E-state index is 0.0337. The smallest absolute Gasteiger partial charge is 0.339 e. The lowest BCUT2D eigenvalue weighted by atomic mass is 9.84. The van der Waals surface area contributed by atoms with Gasteiger partial charge >= 0.3 is 11.9 Å². The molecular weight excluding hydrogens is 428 g/mol. The zero-order valence-corrected chi connectivity index (χ0v) is 20.5. The van der Waals surface area contributed by atoms with Crippen molar-refractivity contribution < 1.29 is 19.1 Å². The summed E-state index contributed by atoms with van der Waals surface area (Å²) in [4.78, 5) is 25.7. The predicted octanol–water partition coefficient (Wildman–Crippen LogP) is 6.46. The monoisotopic (exact) mass is 464 g/mol. The zero-order chi connectivity index (χ0) is 24.5. The molecule has 0 amide bonds. The van der Waals surface area contributed by atoms with Crippen LogP contribution in [-0.2, 0) is 9.47 Å². The Hall–Kier alpha value is -2.86. The molecular formula is C28H36N2O4. The molecule has 1 aromatic carbocycles. The van der Waals surface area contributed by atoms with E-state index < -0.39 is 11.9 Å². The molecule has 0 unspecified atom stereocenters. The number of nitriles is 2. The summed E-state index contributed by atoms with van der Waals surface area (Å²) in [5, 5.41) is 19.5. The quantitative estimate of drug-likeness (QED) is 0.409. The number of esters is 2. The van der Waals surface area contributed by atoms with Gasteiger partial charge in [-0.05, 0) is 75.3 Å². The Bertz CT molecular complexity index is 865. The molecule has 0 aromatic heterocycles. The van der Waals surface area contributed by atoms with Gasteiger partial charge in [0.15, 0.2) is 0 Å². The van der Waals surface area contributed by atoms with Crippen molar-refractivity contribution in [2.75, 3.05) is 0 Å². The largest absolute Gasteiger partial charge is 0.459 e. The number of hydrogen-bond donors (Lipinski definition) is 0. The lowest BCUT2D eigenvalue weighted by molar-refractivity contribution is 0.0147. The average Bonchev–Trinajstić information content (AvgIpc) is 2.85. The number of carbonyl (C=O) groups is 2. The van der Waals surface area contributed by atoms with Crippen LogP contribution in [0.5, 0.6) is 0 Å². The summed E-state index contributed by atoms with van der Waals surface area (Å²) < 4.78 is 11.4. The molecule has 1 aromatic rings. The first kappa shape index (κ1) is 25.8. The van der Waals surface area contributed by atoms with Gasteiger partial charge in [-0.3, -0.25) is 0 Å². The van der Waals surface area contributed by atoms with Gasteiger partial charge in [-0.15, -0.1) is 0 Å². The highest BCUT2D eigenvalue weighted by Gasteiger charge is 2.29. The summed E-state index contributed by atoms with van der Waals surface area (Å²) in [7, 11) is 0. The van der Waals surface area contributed by atoms with Crippen LogP contribution >= 0.6 is 0 Å². The molecule has 0 aliphatic heterocycles. The number of carbonyl (C=O) groups excluding carboxylic acids is 2. The maximum absolute atomic E-state index is 12.9. The van der Waals surface area contributed by atoms with E-state index in [1.807, 2.05) is 12.1 Å². The zero-order valence-electron chi connectivity index (χ0n) is 20.5. The topological polar surface area (TPSA) is 100 Å². The van der Waals surface area contributed by atoms with Crippen LogP contribution in [0.3, 0.4) is 0 Å². The van der Waals surface area contributed by atoms with Crippen molar-refractivity contribution in [1.82, 2.24) is 0 Å². The number of rotatable bonds is 8. The Morgan fingerprint density at radius 1 is 0.735 bits per heavy atom. The third-order valence-corrected chi connectivity index (χ3v) is 7.40. The molecule has 6 nitrogen and oxygen atoms in total. The van der Waals surface area contributed by atoms with E-state index in [4.69, 9.17) is 9.47 Å². The highest BCUT2D eigenvalue weighted by atomic mass is 16.5. The van der Waals surface area contributed by atoms with Crippen molar-refractivity contribution in [3.8, 4) is 12.1 Å². The lowest BCUT2D eigenvalue weighted by Crippen LogP contribution is -2.26. The molecule has 0 spiro atoms. The Labute approximate surface area is 203 Å². The average molecular weight is 465 g/mol. The molecule has 0 atom stereocenters. The summed E-state index contributed by atoms with van der Waals surface area (Å²) in [6.07, 6.45) is 11.7. The van der Waals surface area contributed by atoms with E-state index in [9.17, 15) is 20.1 Å². The first-order chi connectivity index (χ1) is 16.5. The summed E-state index contributed by atoms with van der Waals surface area (Å²) in [5.41, 5.74) is -0.167. The number of nitrogens with zero attached hydrogens (tertiary/aromatic N) is 2. The van der Waals surface area contributed by atoms with E-state index in [0.29, 0.717) is 11.8 Å². The molecule has 34 heavy (non-hydrogen) atoms. The van der Waals surface area contributed by atoms with E-state index in [1.54, 1.807) is 0 Å². The van der Waals surface area contributed by atoms with Crippen LogP contribution in [0.25, 0.3) is 0 Å². The van der Waals surface area contributed by atoms with Crippen LogP contribution in [-0.4, -0.2) is 24.1 Å². The van der Waals surface area contributed by atoms with Crippen molar-refractivity contribution in [1.29, 1.82) is 10.5 Å². The molecule has 0 radical (unpaired) electrons. The van der Waals surface area contributed by atoms with Gasteiger partial charge in [-0.1, -0.05) is 39.5 Å². The molecule has 0 bridgehead atoms. The highest BCUT2D eigenvalue weighted by molar-refractivity contribution is 5.98. The first-order valence-electron chi connectivity index (χ1n) is 12.9. The van der Waals surface area contributed by atoms with Crippen molar-refractivity contribution in [2.24, 2.45) is 11.8 Å². The lowest BCUT2D eigenvalue weighted by Gasteiger charge is -2.28. The second kappa shape index (κ2) is 12.6. The Kier molecular flexibility index (Phi) is 9.52. The van der Waals surface area contributed by atoms with Gasteiger partial charge < -0.3 is 9.47 Å². The maximum atomic E-state index is 12.9. The molecule has 0 N–H and O–H groups in total. The molecule has 0 saturated heterocycles. The molecule has 2 fully saturated rings. The van der Waals surface area contributed by atoms with E-state index in [2.05, 4.69) is 13.8 Å². The van der Waals surface area contributed by atoms with Gasteiger partial charge in [-0.2, -0.15) is 10.5 Å². The molecule has 3 rings (SSSR count). The third kappa shape index (κ3) is 6.38. The van der Waals surface area contributed by atoms with Gasteiger partial charge in [-0.25, -0.2) is 9.59 Å². The Morgan fingerprint density at radius 2 is 1.09 bits per heavy atom. The number of hydrogen-bond acceptors (Lipinski definition) is 6. The minimum atomic E-state index is -0.610. The van der Waals surface area contributed by atoms with E-state index in [-0.39, 0.29) is 34.5 Å². The van der Waals surface area contributed by atoms with Crippen molar-refractivity contribution in [2.45, 2.75) is 103 Å². The van der Waals surface area contributed by atoms with Gasteiger partial charge in [0.25, 0.3) is 0 Å². The normalized spacial score (nSPS) is 24.5. The molecule has 6 heteroatoms. The van der Waals surface area contributed by atoms with Crippen LogP contribution in [0.15, 0.2) is 12.1 Å². The van der Waals surface area contributed by atoms with E-state index >= 15 is 0 Å². The fraction of sp³-hybridized carbons (Fsp3) is 0.643. The van der Waals surface area contributed by atoms with Crippen molar-refractivity contribution >= 4 is 11.9 Å². The highest BCUT2D eigenvalue weighted by Crippen LogP contribution is 2.32. The summed E-state index contributed by atoms with van der Waals surface area (Å²) in [6, 6.07) is 6.72. The molecule has 2 saturated carbocycles. The second-order valence-corrected chi connectivity index (χ2v) is 9.81. The molecule has 0 heterocycles. The maximum Gasteiger partial charge on any atom is 0.339 e. The Morgan fingerprint density at radius 3 is 1.38 bits per heavy atom. The fourth-order valence-corrected chi connectivity index (χ4v) is 5.50. The Balaban J connectivity index is 1.67. The van der Waals surface area contributed by atoms with Crippen LogP contribution in [0.1, 0.15) is 123 Å². The fourth-order valence-electron chi connectivity index (χ4n) is 5.50. The molecule has 2 aliphatic rings. The third-order valence-electron chi connectivity index (χ3n) is 7.40. The van der Waals surface area contributed by atoms with E-state index in [1.165, 1.54) is 25.0 Å². The van der Waals surface area contributed by atoms with Crippen molar-refractivity contribution in [3.63, 3.8) is 0 Å². The molecule has 2 aliphatic carbocycles.